The predicted octanol–water partition coefficient (Wildman–Crippen LogP) is 0.202. The van der Waals surface area contributed by atoms with Gasteiger partial charge in [-0.25, -0.2) is 0 Å². The Hall–Kier alpha value is -0.500. The Labute approximate surface area is 42.8 Å². The second-order valence-electron chi connectivity index (χ2n) is 1.66. The molecule has 1 aliphatic heterocycles. The molecule has 1 atom stereocenters. The average molecular weight is 99.1 g/mol. The number of rotatable bonds is 0. The first-order chi connectivity index (χ1) is 3.39. The minimum Gasteiger partial charge on any atom is -0.374 e. The maximum absolute atomic E-state index is 8.75. The molecule has 1 heterocycles. The molecule has 0 aromatic carbocycles. The molecule has 0 aromatic rings. The fraction of sp³-hybridized carbons (Fsp3) is 0.600. The van der Waals surface area contributed by atoms with Crippen molar-refractivity contribution in [2.24, 2.45) is 0 Å². The highest BCUT2D eigenvalue weighted by Gasteiger charge is 2.00. The molecule has 40 valence electrons. The fourth-order valence-electron chi connectivity index (χ4n) is 0.600. The van der Waals surface area contributed by atoms with E-state index in [4.69, 9.17) is 5.11 Å². The summed E-state index contributed by atoms with van der Waals surface area (Å²) in [7, 11) is 0. The minimum atomic E-state index is -0.301. The van der Waals surface area contributed by atoms with E-state index >= 15 is 0 Å². The van der Waals surface area contributed by atoms with E-state index < -0.39 is 0 Å². The summed E-state index contributed by atoms with van der Waals surface area (Å²) in [5, 5.41) is 11.5. The molecule has 0 bridgehead atoms. The fourth-order valence-corrected chi connectivity index (χ4v) is 0.600. The van der Waals surface area contributed by atoms with E-state index in [9.17, 15) is 0 Å². The first-order valence-corrected chi connectivity index (χ1v) is 2.49. The van der Waals surface area contributed by atoms with Crippen molar-refractivity contribution in [2.75, 3.05) is 0 Å². The molecule has 1 rings (SSSR count). The third-order valence-electron chi connectivity index (χ3n) is 1.01. The summed E-state index contributed by atoms with van der Waals surface area (Å²) in [5.74, 6) is 0. The molecule has 2 N–H and O–H groups in total. The summed E-state index contributed by atoms with van der Waals surface area (Å²) < 4.78 is 0. The van der Waals surface area contributed by atoms with Crippen LogP contribution in [0, 0.1) is 0 Å². The molecule has 0 fully saturated rings. The Morgan fingerprint density at radius 2 is 2.57 bits per heavy atom. The summed E-state index contributed by atoms with van der Waals surface area (Å²) in [6.45, 7) is 0. The van der Waals surface area contributed by atoms with Crippen LogP contribution in [-0.4, -0.2) is 11.3 Å². The number of hydrogen-bond donors (Lipinski definition) is 2. The Morgan fingerprint density at radius 1 is 1.71 bits per heavy atom. The normalized spacial score (nSPS) is 29.6. The molecule has 0 spiro atoms. The topological polar surface area (TPSA) is 32.3 Å². The second kappa shape index (κ2) is 1.98. The van der Waals surface area contributed by atoms with Crippen molar-refractivity contribution in [3.8, 4) is 0 Å². The molecule has 2 heteroatoms. The summed E-state index contributed by atoms with van der Waals surface area (Å²) in [5.41, 5.74) is 0. The van der Waals surface area contributed by atoms with Crippen LogP contribution in [0.25, 0.3) is 0 Å². The van der Waals surface area contributed by atoms with Gasteiger partial charge in [0.1, 0.15) is 6.23 Å². The maximum Gasteiger partial charge on any atom is 0.124 e. The van der Waals surface area contributed by atoms with Crippen LogP contribution in [0.1, 0.15) is 12.8 Å². The Balaban J connectivity index is 2.32. The van der Waals surface area contributed by atoms with E-state index in [1.54, 1.807) is 6.20 Å². The van der Waals surface area contributed by atoms with Gasteiger partial charge >= 0.3 is 0 Å². The van der Waals surface area contributed by atoms with Gasteiger partial charge in [0, 0.05) is 0 Å². The van der Waals surface area contributed by atoms with E-state index in [1.165, 1.54) is 0 Å². The molecule has 2 nitrogen and oxygen atoms in total. The summed E-state index contributed by atoms with van der Waals surface area (Å²) in [6.07, 6.45) is 5.33. The molecular formula is C5H9NO. The molecular weight excluding hydrogens is 90.1 g/mol. The lowest BCUT2D eigenvalue weighted by Gasteiger charge is -2.12. The van der Waals surface area contributed by atoms with E-state index in [1.807, 2.05) is 6.08 Å². The van der Waals surface area contributed by atoms with Crippen LogP contribution in [-0.2, 0) is 0 Å². The first-order valence-electron chi connectivity index (χ1n) is 2.49. The van der Waals surface area contributed by atoms with Crippen LogP contribution in [0.2, 0.25) is 0 Å². The molecule has 0 saturated heterocycles. The van der Waals surface area contributed by atoms with Crippen molar-refractivity contribution in [1.82, 2.24) is 5.32 Å². The summed E-state index contributed by atoms with van der Waals surface area (Å²) in [6, 6.07) is 0. The van der Waals surface area contributed by atoms with Crippen LogP contribution >= 0.6 is 0 Å². The van der Waals surface area contributed by atoms with Crippen LogP contribution in [0.15, 0.2) is 12.3 Å². The minimum absolute atomic E-state index is 0.301. The van der Waals surface area contributed by atoms with Gasteiger partial charge in [-0.15, -0.1) is 0 Å². The number of hydrogen-bond acceptors (Lipinski definition) is 2. The van der Waals surface area contributed by atoms with Gasteiger partial charge in [0.05, 0.1) is 0 Å². The van der Waals surface area contributed by atoms with E-state index in [0.717, 1.165) is 12.8 Å². The molecule has 1 aliphatic rings. The SMILES string of the molecule is OC1CCC=CN1. The Kier molecular flexibility index (Phi) is 1.32. The monoisotopic (exact) mass is 99.1 g/mol. The van der Waals surface area contributed by atoms with Crippen molar-refractivity contribution in [3.63, 3.8) is 0 Å². The zero-order valence-corrected chi connectivity index (χ0v) is 4.09. The molecule has 0 aromatic heterocycles. The molecule has 0 radical (unpaired) electrons. The van der Waals surface area contributed by atoms with Gasteiger partial charge in [0.25, 0.3) is 0 Å². The lowest BCUT2D eigenvalue weighted by atomic mass is 10.2. The van der Waals surface area contributed by atoms with Crippen LogP contribution in [0.3, 0.4) is 0 Å². The molecule has 0 amide bonds. The van der Waals surface area contributed by atoms with E-state index in [2.05, 4.69) is 5.32 Å². The van der Waals surface area contributed by atoms with Crippen molar-refractivity contribution in [1.29, 1.82) is 0 Å². The highest BCUT2D eigenvalue weighted by Crippen LogP contribution is 1.99. The van der Waals surface area contributed by atoms with Crippen LogP contribution in [0.4, 0.5) is 0 Å². The standard InChI is InChI=1S/C5H9NO/c7-5-3-1-2-4-6-5/h2,4-7H,1,3H2. The Morgan fingerprint density at radius 3 is 2.86 bits per heavy atom. The quantitative estimate of drug-likeness (QED) is 0.454. The van der Waals surface area contributed by atoms with Crippen molar-refractivity contribution in [2.45, 2.75) is 19.1 Å². The van der Waals surface area contributed by atoms with Crippen molar-refractivity contribution in [3.05, 3.63) is 12.3 Å². The number of allylic oxidation sites excluding steroid dienone is 1. The Bertz CT molecular complexity index is 80.1. The average Bonchev–Trinajstić information content (AvgIpc) is 1.69. The largest absolute Gasteiger partial charge is 0.374 e. The number of aliphatic hydroxyl groups excluding tert-OH is 1. The molecule has 0 aliphatic carbocycles. The molecule has 0 saturated carbocycles. The first kappa shape index (κ1) is 4.65. The summed E-state index contributed by atoms with van der Waals surface area (Å²) in [4.78, 5) is 0. The lowest BCUT2D eigenvalue weighted by Crippen LogP contribution is -2.25. The van der Waals surface area contributed by atoms with Gasteiger partial charge in [-0.2, -0.15) is 0 Å². The van der Waals surface area contributed by atoms with Gasteiger partial charge in [-0.1, -0.05) is 6.08 Å². The van der Waals surface area contributed by atoms with Crippen LogP contribution in [0.5, 0.6) is 0 Å². The summed E-state index contributed by atoms with van der Waals surface area (Å²) >= 11 is 0. The third kappa shape index (κ3) is 1.20. The maximum atomic E-state index is 8.75. The van der Waals surface area contributed by atoms with Crippen molar-refractivity contribution < 1.29 is 5.11 Å². The van der Waals surface area contributed by atoms with Gasteiger partial charge in [0.2, 0.25) is 0 Å². The smallest absolute Gasteiger partial charge is 0.124 e. The predicted molar refractivity (Wildman–Crippen MR) is 27.5 cm³/mol. The molecule has 1 unspecified atom stereocenters. The van der Waals surface area contributed by atoms with E-state index in [-0.39, 0.29) is 6.23 Å². The van der Waals surface area contributed by atoms with Crippen LogP contribution < -0.4 is 5.32 Å². The zero-order chi connectivity index (χ0) is 5.11. The second-order valence-corrected chi connectivity index (χ2v) is 1.66. The zero-order valence-electron chi connectivity index (χ0n) is 4.09. The lowest BCUT2D eigenvalue weighted by molar-refractivity contribution is 0.139. The van der Waals surface area contributed by atoms with Crippen molar-refractivity contribution >= 4 is 0 Å². The highest BCUT2D eigenvalue weighted by molar-refractivity contribution is 4.85. The van der Waals surface area contributed by atoms with Gasteiger partial charge in [-0.3, -0.25) is 0 Å². The van der Waals surface area contributed by atoms with Gasteiger partial charge in [-0.05, 0) is 19.0 Å². The highest BCUT2D eigenvalue weighted by atomic mass is 16.3. The van der Waals surface area contributed by atoms with E-state index in [0.29, 0.717) is 0 Å². The number of aliphatic hydroxyl groups is 1. The third-order valence-corrected chi connectivity index (χ3v) is 1.01. The molecule has 7 heavy (non-hydrogen) atoms. The van der Waals surface area contributed by atoms with Gasteiger partial charge < -0.3 is 10.4 Å². The number of nitrogens with one attached hydrogen (secondary N) is 1. The van der Waals surface area contributed by atoms with Gasteiger partial charge in [0.15, 0.2) is 0 Å².